The normalized spacial score (nSPS) is 41.0. The molecule has 0 N–H and O–H groups in total. The summed E-state index contributed by atoms with van der Waals surface area (Å²) in [5.74, 6) is -0.871. The topological polar surface area (TPSA) is 113 Å². The zero-order valence-electron chi connectivity index (χ0n) is 22.3. The number of fused-ring (bicyclic) bond motifs is 2. The molecule has 6 rings (SSSR count). The molecule has 1 spiro atoms. The van der Waals surface area contributed by atoms with Gasteiger partial charge in [-0.15, -0.1) is 0 Å². The van der Waals surface area contributed by atoms with Crippen LogP contribution >= 0.6 is 0 Å². The van der Waals surface area contributed by atoms with Crippen molar-refractivity contribution >= 4 is 18.0 Å². The minimum atomic E-state index is -0.892. The van der Waals surface area contributed by atoms with Gasteiger partial charge in [0.25, 0.3) is 0 Å². The van der Waals surface area contributed by atoms with E-state index in [1.165, 1.54) is 0 Å². The number of nitrogens with zero attached hydrogens (tertiary/aromatic N) is 2. The average molecular weight is 525 g/mol. The zero-order chi connectivity index (χ0) is 26.4. The molecular weight excluding hydrogens is 484 g/mol. The van der Waals surface area contributed by atoms with E-state index >= 15 is 0 Å². The van der Waals surface area contributed by atoms with Crippen molar-refractivity contribution in [3.8, 4) is 0 Å². The molecule has 11 heteroatoms. The predicted molar refractivity (Wildman–Crippen MR) is 127 cm³/mol. The Bertz CT molecular complexity index is 893. The highest BCUT2D eigenvalue weighted by molar-refractivity contribution is 5.81. The van der Waals surface area contributed by atoms with Crippen molar-refractivity contribution in [2.45, 2.75) is 90.2 Å². The molecule has 5 saturated heterocycles. The highest BCUT2D eigenvalue weighted by Crippen LogP contribution is 2.60. The van der Waals surface area contributed by atoms with Gasteiger partial charge in [-0.25, -0.2) is 14.6 Å². The molecule has 8 atom stereocenters. The Hall–Kier alpha value is -1.95. The monoisotopic (exact) mass is 524 g/mol. The number of amides is 2. The molecule has 1 aliphatic carbocycles. The van der Waals surface area contributed by atoms with Gasteiger partial charge in [-0.05, 0) is 44.9 Å². The number of hydrogen-bond donors (Lipinski definition) is 0. The Morgan fingerprint density at radius 1 is 0.946 bits per heavy atom. The third kappa shape index (κ3) is 4.84. The zero-order valence-corrected chi connectivity index (χ0v) is 22.3. The second-order valence-electron chi connectivity index (χ2n) is 11.3. The average Bonchev–Trinajstić information content (AvgIpc) is 3.11. The Morgan fingerprint density at radius 3 is 2.41 bits per heavy atom. The van der Waals surface area contributed by atoms with E-state index in [1.54, 1.807) is 16.7 Å². The van der Waals surface area contributed by atoms with Gasteiger partial charge in [0.2, 0.25) is 18.0 Å². The molecule has 0 radical (unpaired) electrons. The molecular formula is C26H40N2O9. The minimum Gasteiger partial charge on any atom is -0.450 e. The van der Waals surface area contributed by atoms with Crippen LogP contribution in [0.15, 0.2) is 0 Å². The van der Waals surface area contributed by atoms with Crippen molar-refractivity contribution in [3.63, 3.8) is 0 Å². The molecule has 2 bridgehead atoms. The summed E-state index contributed by atoms with van der Waals surface area (Å²) in [6.45, 7) is 9.87. The van der Waals surface area contributed by atoms with Gasteiger partial charge < -0.3 is 28.7 Å². The van der Waals surface area contributed by atoms with E-state index < -0.39 is 29.9 Å². The van der Waals surface area contributed by atoms with Crippen molar-refractivity contribution in [3.05, 3.63) is 0 Å². The number of esters is 1. The molecule has 6 aliphatic rings. The molecule has 208 valence electrons. The van der Waals surface area contributed by atoms with Gasteiger partial charge in [0.1, 0.15) is 0 Å². The number of hydrogen-bond acceptors (Lipinski definition) is 9. The fourth-order valence-electron chi connectivity index (χ4n) is 6.92. The summed E-state index contributed by atoms with van der Waals surface area (Å²) in [6, 6.07) is 0. The minimum absolute atomic E-state index is 0.0399. The fraction of sp³-hybridized carbons (Fsp3) is 0.885. The largest absolute Gasteiger partial charge is 0.450 e. The number of ether oxygens (including phenoxy) is 4. The van der Waals surface area contributed by atoms with Crippen molar-refractivity contribution in [2.75, 3.05) is 32.8 Å². The first-order chi connectivity index (χ1) is 17.7. The highest BCUT2D eigenvalue weighted by Gasteiger charge is 2.69. The highest BCUT2D eigenvalue weighted by atomic mass is 17.3. The van der Waals surface area contributed by atoms with Crippen molar-refractivity contribution in [1.82, 2.24) is 9.80 Å². The smallest absolute Gasteiger partial charge is 0.409 e. The SMILES string of the molecule is CCOC(=O)N1CCN(C(=O)CCC(=O)O[C@@H]2O[C@@H]3OC4(C)CCC5[C@H](C)CCC([C@H]2C)[C@]53OO4)CC1. The molecule has 2 amide bonds. The van der Waals surface area contributed by atoms with E-state index in [0.29, 0.717) is 45.1 Å². The number of rotatable bonds is 5. The van der Waals surface area contributed by atoms with Gasteiger partial charge >= 0.3 is 12.1 Å². The van der Waals surface area contributed by atoms with Crippen molar-refractivity contribution in [2.24, 2.45) is 23.7 Å². The van der Waals surface area contributed by atoms with Gasteiger partial charge in [-0.1, -0.05) is 13.8 Å². The van der Waals surface area contributed by atoms with Crippen LogP contribution in [0.2, 0.25) is 0 Å². The van der Waals surface area contributed by atoms with E-state index in [0.717, 1.165) is 19.3 Å². The van der Waals surface area contributed by atoms with E-state index in [1.807, 2.05) is 13.8 Å². The molecule has 5 heterocycles. The van der Waals surface area contributed by atoms with Crippen LogP contribution in [0.25, 0.3) is 0 Å². The summed E-state index contributed by atoms with van der Waals surface area (Å²) in [6.07, 6.45) is 1.79. The Balaban J connectivity index is 1.16. The van der Waals surface area contributed by atoms with E-state index in [-0.39, 0.29) is 42.6 Å². The maximum Gasteiger partial charge on any atom is 0.409 e. The molecule has 0 aromatic carbocycles. The van der Waals surface area contributed by atoms with Crippen LogP contribution in [0.5, 0.6) is 0 Å². The van der Waals surface area contributed by atoms with Crippen LogP contribution in [-0.2, 0) is 38.3 Å². The second-order valence-corrected chi connectivity index (χ2v) is 11.3. The molecule has 1 saturated carbocycles. The predicted octanol–water partition coefficient (Wildman–Crippen LogP) is 2.82. The quantitative estimate of drug-likeness (QED) is 0.396. The first kappa shape index (κ1) is 26.6. The van der Waals surface area contributed by atoms with Gasteiger partial charge in [-0.2, -0.15) is 0 Å². The molecule has 37 heavy (non-hydrogen) atoms. The summed E-state index contributed by atoms with van der Waals surface area (Å²) >= 11 is 0. The van der Waals surface area contributed by atoms with Crippen LogP contribution < -0.4 is 0 Å². The van der Waals surface area contributed by atoms with Crippen LogP contribution in [0.1, 0.15) is 66.2 Å². The lowest BCUT2D eigenvalue weighted by Gasteiger charge is -2.59. The summed E-state index contributed by atoms with van der Waals surface area (Å²) in [7, 11) is 0. The number of carbonyl (C=O) groups is 3. The molecule has 0 aromatic heterocycles. The lowest BCUT2D eigenvalue weighted by atomic mass is 9.58. The lowest BCUT2D eigenvalue weighted by Crippen LogP contribution is -2.70. The summed E-state index contributed by atoms with van der Waals surface area (Å²) < 4.78 is 23.4. The van der Waals surface area contributed by atoms with Crippen molar-refractivity contribution in [1.29, 1.82) is 0 Å². The molecule has 5 aliphatic heterocycles. The van der Waals surface area contributed by atoms with Gasteiger partial charge in [0.15, 0.2) is 11.9 Å². The van der Waals surface area contributed by atoms with Gasteiger partial charge in [0, 0.05) is 50.9 Å². The Labute approximate surface area is 217 Å². The van der Waals surface area contributed by atoms with Crippen LogP contribution in [0.3, 0.4) is 0 Å². The Morgan fingerprint density at radius 2 is 1.68 bits per heavy atom. The lowest BCUT2D eigenvalue weighted by molar-refractivity contribution is -0.576. The van der Waals surface area contributed by atoms with Crippen molar-refractivity contribution < 1.29 is 43.1 Å². The van der Waals surface area contributed by atoms with E-state index in [4.69, 9.17) is 28.7 Å². The fourth-order valence-corrected chi connectivity index (χ4v) is 6.92. The van der Waals surface area contributed by atoms with E-state index in [9.17, 15) is 14.4 Å². The summed E-state index contributed by atoms with van der Waals surface area (Å²) in [5.41, 5.74) is -0.711. The maximum absolute atomic E-state index is 12.8. The molecule has 6 fully saturated rings. The molecule has 0 aromatic rings. The molecule has 3 unspecified atom stereocenters. The van der Waals surface area contributed by atoms with Crippen LogP contribution in [0.4, 0.5) is 4.79 Å². The summed E-state index contributed by atoms with van der Waals surface area (Å²) in [4.78, 5) is 52.5. The van der Waals surface area contributed by atoms with Gasteiger partial charge in [-0.3, -0.25) is 9.59 Å². The first-order valence-corrected chi connectivity index (χ1v) is 13.8. The third-order valence-corrected chi connectivity index (χ3v) is 9.05. The standard InChI is InChI=1S/C26H40N2O9/c1-5-32-24(31)28-14-12-27(13-15-28)20(29)8-9-21(30)33-22-17(3)19-7-6-16(2)18-10-11-25(4)35-23(34-22)26(18,19)37-36-25/h16-19,22-23H,5-15H2,1-4H3/t16-,17-,18?,19?,22-,23-,25?,26-/m1/s1. The van der Waals surface area contributed by atoms with Crippen LogP contribution in [-0.4, -0.2) is 84.5 Å². The Kier molecular flexibility index (Phi) is 7.43. The number of carbonyl (C=O) groups excluding carboxylic acids is 3. The van der Waals surface area contributed by atoms with Gasteiger partial charge in [0.05, 0.1) is 13.0 Å². The summed E-state index contributed by atoms with van der Waals surface area (Å²) in [5, 5.41) is 0. The second kappa shape index (κ2) is 10.3. The maximum atomic E-state index is 12.8. The number of piperazine rings is 1. The third-order valence-electron chi connectivity index (χ3n) is 9.05. The molecule has 11 nitrogen and oxygen atoms in total. The first-order valence-electron chi connectivity index (χ1n) is 13.8. The van der Waals surface area contributed by atoms with E-state index in [2.05, 4.69) is 6.92 Å². The van der Waals surface area contributed by atoms with Crippen LogP contribution in [0, 0.1) is 23.7 Å².